The summed E-state index contributed by atoms with van der Waals surface area (Å²) in [4.78, 5) is 18.1. The highest BCUT2D eigenvalue weighted by molar-refractivity contribution is 6.05. The van der Waals surface area contributed by atoms with Crippen LogP contribution in [0.2, 0.25) is 0 Å². The van der Waals surface area contributed by atoms with E-state index >= 15 is 0 Å². The predicted octanol–water partition coefficient (Wildman–Crippen LogP) is 2.60. The van der Waals surface area contributed by atoms with Gasteiger partial charge in [0.25, 0.3) is 5.91 Å². The second kappa shape index (κ2) is 6.22. The third-order valence-corrected chi connectivity index (χ3v) is 3.44. The fraction of sp³-hybridized carbons (Fsp3) is 0.118. The Hall–Kier alpha value is -2.95. The lowest BCUT2D eigenvalue weighted by atomic mass is 10.1. The Morgan fingerprint density at radius 1 is 1.14 bits per heavy atom. The SMILES string of the molecule is CN(C(=O)c1ccc(Cn2cccn2)cc1)c1cccnc1. The summed E-state index contributed by atoms with van der Waals surface area (Å²) < 4.78 is 1.85. The standard InChI is InChI=1S/C17H16N4O/c1-20(16-4-2-9-18-12-16)17(22)15-7-5-14(6-8-15)13-21-11-3-10-19-21/h2-12H,13H2,1H3. The van der Waals surface area contributed by atoms with Crippen LogP contribution in [0.3, 0.4) is 0 Å². The summed E-state index contributed by atoms with van der Waals surface area (Å²) in [5.41, 5.74) is 2.52. The molecule has 0 aliphatic heterocycles. The van der Waals surface area contributed by atoms with Crippen molar-refractivity contribution in [2.24, 2.45) is 0 Å². The van der Waals surface area contributed by atoms with Gasteiger partial charge in [-0.1, -0.05) is 12.1 Å². The molecule has 5 nitrogen and oxygen atoms in total. The molecular formula is C17H16N4O. The van der Waals surface area contributed by atoms with Crippen molar-refractivity contribution in [3.05, 3.63) is 78.4 Å². The van der Waals surface area contributed by atoms with Crippen LogP contribution in [0.15, 0.2) is 67.3 Å². The van der Waals surface area contributed by atoms with Gasteiger partial charge in [0.05, 0.1) is 18.4 Å². The Bertz CT molecular complexity index is 736. The lowest BCUT2D eigenvalue weighted by Crippen LogP contribution is -2.26. The summed E-state index contributed by atoms with van der Waals surface area (Å²) in [6.07, 6.45) is 7.02. The molecule has 0 aliphatic rings. The summed E-state index contributed by atoms with van der Waals surface area (Å²) in [6.45, 7) is 0.694. The van der Waals surface area contributed by atoms with Crippen LogP contribution in [0.1, 0.15) is 15.9 Å². The maximum atomic E-state index is 12.5. The highest BCUT2D eigenvalue weighted by Crippen LogP contribution is 2.14. The molecule has 0 unspecified atom stereocenters. The molecule has 0 aliphatic carbocycles. The molecule has 1 amide bonds. The average molecular weight is 292 g/mol. The van der Waals surface area contributed by atoms with E-state index in [0.717, 1.165) is 11.3 Å². The van der Waals surface area contributed by atoms with Crippen molar-refractivity contribution in [1.82, 2.24) is 14.8 Å². The van der Waals surface area contributed by atoms with E-state index in [9.17, 15) is 4.79 Å². The molecule has 3 aromatic rings. The molecule has 2 aromatic heterocycles. The van der Waals surface area contributed by atoms with Gasteiger partial charge in [-0.3, -0.25) is 14.5 Å². The first-order valence-electron chi connectivity index (χ1n) is 6.98. The van der Waals surface area contributed by atoms with Crippen molar-refractivity contribution < 1.29 is 4.79 Å². The quantitative estimate of drug-likeness (QED) is 0.742. The minimum Gasteiger partial charge on any atom is -0.310 e. The third-order valence-electron chi connectivity index (χ3n) is 3.44. The lowest BCUT2D eigenvalue weighted by molar-refractivity contribution is 0.0993. The molecule has 0 atom stereocenters. The zero-order valence-corrected chi connectivity index (χ0v) is 12.3. The number of amides is 1. The van der Waals surface area contributed by atoms with Crippen LogP contribution in [-0.2, 0) is 6.54 Å². The van der Waals surface area contributed by atoms with E-state index in [1.807, 2.05) is 53.3 Å². The topological polar surface area (TPSA) is 51.0 Å². The molecule has 0 fully saturated rings. The van der Waals surface area contributed by atoms with Crippen LogP contribution in [0.25, 0.3) is 0 Å². The van der Waals surface area contributed by atoms with Gasteiger partial charge in [-0.2, -0.15) is 5.10 Å². The zero-order chi connectivity index (χ0) is 15.4. The largest absolute Gasteiger partial charge is 0.310 e. The number of benzene rings is 1. The molecule has 0 saturated heterocycles. The number of nitrogens with zero attached hydrogens (tertiary/aromatic N) is 4. The van der Waals surface area contributed by atoms with Crippen LogP contribution in [0.5, 0.6) is 0 Å². The minimum atomic E-state index is -0.0568. The second-order valence-electron chi connectivity index (χ2n) is 4.98. The van der Waals surface area contributed by atoms with Crippen LogP contribution in [0.4, 0.5) is 5.69 Å². The smallest absolute Gasteiger partial charge is 0.258 e. The fourth-order valence-corrected chi connectivity index (χ4v) is 2.20. The first kappa shape index (κ1) is 14.0. The first-order valence-corrected chi connectivity index (χ1v) is 6.98. The lowest BCUT2D eigenvalue weighted by Gasteiger charge is -2.17. The molecule has 0 N–H and O–H groups in total. The molecular weight excluding hydrogens is 276 g/mol. The van der Waals surface area contributed by atoms with Crippen LogP contribution in [0, 0.1) is 0 Å². The molecule has 5 heteroatoms. The van der Waals surface area contributed by atoms with E-state index in [1.165, 1.54) is 0 Å². The van der Waals surface area contributed by atoms with Gasteiger partial charge in [-0.25, -0.2) is 0 Å². The normalized spacial score (nSPS) is 10.4. The number of carbonyl (C=O) groups is 1. The highest BCUT2D eigenvalue weighted by Gasteiger charge is 2.13. The monoisotopic (exact) mass is 292 g/mol. The molecule has 110 valence electrons. The summed E-state index contributed by atoms with van der Waals surface area (Å²) >= 11 is 0. The van der Waals surface area contributed by atoms with E-state index < -0.39 is 0 Å². The summed E-state index contributed by atoms with van der Waals surface area (Å²) in [5.74, 6) is -0.0568. The van der Waals surface area contributed by atoms with Gasteiger partial charge in [0.2, 0.25) is 0 Å². The van der Waals surface area contributed by atoms with Crippen LogP contribution in [-0.4, -0.2) is 27.7 Å². The van der Waals surface area contributed by atoms with E-state index in [4.69, 9.17) is 0 Å². The van der Waals surface area contributed by atoms with Gasteiger partial charge < -0.3 is 4.90 Å². The summed E-state index contributed by atoms with van der Waals surface area (Å²) in [5, 5.41) is 4.17. The van der Waals surface area contributed by atoms with Gasteiger partial charge in [-0.05, 0) is 35.9 Å². The molecule has 0 radical (unpaired) electrons. The maximum Gasteiger partial charge on any atom is 0.258 e. The van der Waals surface area contributed by atoms with E-state index in [0.29, 0.717) is 12.1 Å². The van der Waals surface area contributed by atoms with Gasteiger partial charge in [0.15, 0.2) is 0 Å². The van der Waals surface area contributed by atoms with Crippen molar-refractivity contribution >= 4 is 11.6 Å². The average Bonchev–Trinajstić information content (AvgIpc) is 3.08. The number of rotatable bonds is 4. The molecule has 3 rings (SSSR count). The molecule has 0 saturated carbocycles. The van der Waals surface area contributed by atoms with Crippen LogP contribution >= 0.6 is 0 Å². The summed E-state index contributed by atoms with van der Waals surface area (Å²) in [7, 11) is 1.75. The third kappa shape index (κ3) is 3.03. The fourth-order valence-electron chi connectivity index (χ4n) is 2.20. The van der Waals surface area contributed by atoms with Gasteiger partial charge in [0.1, 0.15) is 0 Å². The molecule has 0 bridgehead atoms. The van der Waals surface area contributed by atoms with Gasteiger partial charge in [0, 0.05) is 31.2 Å². The van der Waals surface area contributed by atoms with Crippen LogP contribution < -0.4 is 4.90 Å². The Morgan fingerprint density at radius 2 is 1.95 bits per heavy atom. The molecule has 0 spiro atoms. The van der Waals surface area contributed by atoms with E-state index in [1.54, 1.807) is 30.5 Å². The Balaban J connectivity index is 1.73. The minimum absolute atomic E-state index is 0.0568. The Kier molecular flexibility index (Phi) is 3.96. The number of hydrogen-bond acceptors (Lipinski definition) is 3. The van der Waals surface area contributed by atoms with Gasteiger partial charge in [-0.15, -0.1) is 0 Å². The number of aromatic nitrogens is 3. The molecule has 22 heavy (non-hydrogen) atoms. The number of anilines is 1. The second-order valence-corrected chi connectivity index (χ2v) is 4.98. The van der Waals surface area contributed by atoms with E-state index in [2.05, 4.69) is 10.1 Å². The van der Waals surface area contributed by atoms with E-state index in [-0.39, 0.29) is 5.91 Å². The van der Waals surface area contributed by atoms with Crippen molar-refractivity contribution in [3.8, 4) is 0 Å². The number of hydrogen-bond donors (Lipinski definition) is 0. The van der Waals surface area contributed by atoms with Crippen molar-refractivity contribution in [2.45, 2.75) is 6.54 Å². The maximum absolute atomic E-state index is 12.5. The first-order chi connectivity index (χ1) is 10.7. The highest BCUT2D eigenvalue weighted by atomic mass is 16.2. The summed E-state index contributed by atoms with van der Waals surface area (Å²) in [6, 6.07) is 13.1. The number of pyridine rings is 1. The molecule has 1 aromatic carbocycles. The zero-order valence-electron chi connectivity index (χ0n) is 12.3. The van der Waals surface area contributed by atoms with Gasteiger partial charge >= 0.3 is 0 Å². The van der Waals surface area contributed by atoms with Crippen molar-refractivity contribution in [1.29, 1.82) is 0 Å². The Morgan fingerprint density at radius 3 is 2.59 bits per heavy atom. The molecule has 2 heterocycles. The van der Waals surface area contributed by atoms with Crippen molar-refractivity contribution in [2.75, 3.05) is 11.9 Å². The van der Waals surface area contributed by atoms with Crippen molar-refractivity contribution in [3.63, 3.8) is 0 Å². The Labute approximate surface area is 128 Å². The predicted molar refractivity (Wildman–Crippen MR) is 84.7 cm³/mol. The number of carbonyl (C=O) groups excluding carboxylic acids is 1.